The van der Waals surface area contributed by atoms with E-state index in [1.807, 2.05) is 17.7 Å². The molecule has 0 saturated heterocycles. The quantitative estimate of drug-likeness (QED) is 0.555. The average Bonchev–Trinajstić information content (AvgIpc) is 2.84. The minimum atomic E-state index is 0.136. The molecule has 0 saturated carbocycles. The Morgan fingerprint density at radius 2 is 2.39 bits per heavy atom. The van der Waals surface area contributed by atoms with Gasteiger partial charge in [-0.1, -0.05) is 11.6 Å². The number of nitrogen functional groups attached to an aromatic ring is 1. The van der Waals surface area contributed by atoms with Gasteiger partial charge in [0.1, 0.15) is 5.02 Å². The lowest BCUT2D eigenvalue weighted by Gasteiger charge is -2.16. The van der Waals surface area contributed by atoms with Crippen molar-refractivity contribution in [3.05, 3.63) is 29.9 Å². The third-order valence-electron chi connectivity index (χ3n) is 2.30. The first-order valence-corrected chi connectivity index (χ1v) is 5.78. The van der Waals surface area contributed by atoms with E-state index < -0.39 is 0 Å². The average molecular weight is 268 g/mol. The Morgan fingerprint density at radius 3 is 3.06 bits per heavy atom. The van der Waals surface area contributed by atoms with E-state index >= 15 is 0 Å². The summed E-state index contributed by atoms with van der Waals surface area (Å²) in [6.45, 7) is 2.78. The number of aromatic nitrogens is 4. The number of anilines is 2. The number of imidazole rings is 1. The topological polar surface area (TPSA) is 93.7 Å². The smallest absolute Gasteiger partial charge is 0.239 e. The highest BCUT2D eigenvalue weighted by Crippen LogP contribution is 2.19. The lowest BCUT2D eigenvalue weighted by molar-refractivity contribution is 0.617. The van der Waals surface area contributed by atoms with E-state index in [-0.39, 0.29) is 6.04 Å². The monoisotopic (exact) mass is 267 g/mol. The number of halogens is 1. The number of rotatable bonds is 5. The number of hydrazine groups is 1. The van der Waals surface area contributed by atoms with Crippen molar-refractivity contribution >= 4 is 23.4 Å². The third kappa shape index (κ3) is 3.08. The molecule has 1 atom stereocenters. The summed E-state index contributed by atoms with van der Waals surface area (Å²) in [5.41, 5.74) is 2.38. The predicted octanol–water partition coefficient (Wildman–Crippen LogP) is 1.11. The van der Waals surface area contributed by atoms with Crippen LogP contribution < -0.4 is 16.6 Å². The summed E-state index contributed by atoms with van der Waals surface area (Å²) in [5, 5.41) is 3.65. The van der Waals surface area contributed by atoms with E-state index in [1.165, 1.54) is 6.20 Å². The number of nitrogens with two attached hydrogens (primary N) is 1. The minimum absolute atomic E-state index is 0.136. The largest absolute Gasteiger partial charge is 0.364 e. The van der Waals surface area contributed by atoms with Gasteiger partial charge >= 0.3 is 0 Å². The van der Waals surface area contributed by atoms with E-state index in [9.17, 15) is 0 Å². The Morgan fingerprint density at radius 1 is 1.56 bits per heavy atom. The van der Waals surface area contributed by atoms with Gasteiger partial charge in [0.15, 0.2) is 5.82 Å². The SMILES string of the molecule is CC(Cn1ccnc1)Nc1nc(NN)ncc1Cl. The summed E-state index contributed by atoms with van der Waals surface area (Å²) in [6.07, 6.45) is 6.89. The second kappa shape index (κ2) is 5.65. The number of nitrogens with zero attached hydrogens (tertiary/aromatic N) is 4. The van der Waals surface area contributed by atoms with Crippen molar-refractivity contribution in [2.24, 2.45) is 5.84 Å². The zero-order chi connectivity index (χ0) is 13.0. The zero-order valence-electron chi connectivity index (χ0n) is 9.84. The van der Waals surface area contributed by atoms with E-state index in [0.717, 1.165) is 6.54 Å². The van der Waals surface area contributed by atoms with Gasteiger partial charge in [0.25, 0.3) is 0 Å². The predicted molar refractivity (Wildman–Crippen MR) is 70.2 cm³/mol. The summed E-state index contributed by atoms with van der Waals surface area (Å²) in [4.78, 5) is 12.0. The molecule has 2 aromatic rings. The molecule has 0 aromatic carbocycles. The molecule has 0 radical (unpaired) electrons. The molecule has 0 aliphatic heterocycles. The summed E-state index contributed by atoms with van der Waals surface area (Å²) < 4.78 is 1.97. The molecule has 0 amide bonds. The van der Waals surface area contributed by atoms with Gasteiger partial charge in [-0.2, -0.15) is 4.98 Å². The van der Waals surface area contributed by atoms with Crippen molar-refractivity contribution in [1.29, 1.82) is 0 Å². The Bertz CT molecular complexity index is 499. The second-order valence-corrected chi connectivity index (χ2v) is 4.25. The lowest BCUT2D eigenvalue weighted by Crippen LogP contribution is -2.22. The Kier molecular flexibility index (Phi) is 3.96. The molecule has 0 bridgehead atoms. The molecular weight excluding hydrogens is 254 g/mol. The Labute approximate surface area is 109 Å². The molecule has 2 heterocycles. The van der Waals surface area contributed by atoms with Gasteiger partial charge in [0.2, 0.25) is 5.95 Å². The van der Waals surface area contributed by atoms with Crippen molar-refractivity contribution in [2.45, 2.75) is 19.5 Å². The van der Waals surface area contributed by atoms with Gasteiger partial charge in [-0.3, -0.25) is 5.43 Å². The van der Waals surface area contributed by atoms with Crippen molar-refractivity contribution in [3.63, 3.8) is 0 Å². The fourth-order valence-corrected chi connectivity index (χ4v) is 1.67. The maximum atomic E-state index is 6.00. The fourth-order valence-electron chi connectivity index (χ4n) is 1.53. The molecule has 18 heavy (non-hydrogen) atoms. The summed E-state index contributed by atoms with van der Waals surface area (Å²) in [5.74, 6) is 6.12. The molecule has 4 N–H and O–H groups in total. The molecule has 7 nitrogen and oxygen atoms in total. The van der Waals surface area contributed by atoms with Crippen molar-refractivity contribution < 1.29 is 0 Å². The first kappa shape index (κ1) is 12.6. The minimum Gasteiger partial charge on any atom is -0.364 e. The van der Waals surface area contributed by atoms with Crippen LogP contribution in [0, 0.1) is 0 Å². The first-order chi connectivity index (χ1) is 8.69. The maximum Gasteiger partial charge on any atom is 0.239 e. The molecule has 0 fully saturated rings. The molecule has 1 unspecified atom stereocenters. The van der Waals surface area contributed by atoms with E-state index in [4.69, 9.17) is 17.4 Å². The van der Waals surface area contributed by atoms with Crippen LogP contribution in [0.2, 0.25) is 5.02 Å². The van der Waals surface area contributed by atoms with Gasteiger partial charge in [-0.05, 0) is 6.92 Å². The van der Waals surface area contributed by atoms with Crippen LogP contribution in [-0.2, 0) is 6.54 Å². The van der Waals surface area contributed by atoms with Gasteiger partial charge in [-0.25, -0.2) is 15.8 Å². The third-order valence-corrected chi connectivity index (χ3v) is 2.58. The van der Waals surface area contributed by atoms with Crippen molar-refractivity contribution in [3.8, 4) is 0 Å². The summed E-state index contributed by atoms with van der Waals surface area (Å²) >= 11 is 6.00. The van der Waals surface area contributed by atoms with Gasteiger partial charge in [0.05, 0.1) is 12.5 Å². The number of nitrogens with one attached hydrogen (secondary N) is 2. The molecular formula is C10H14ClN7. The van der Waals surface area contributed by atoms with Crippen LogP contribution in [0.4, 0.5) is 11.8 Å². The second-order valence-electron chi connectivity index (χ2n) is 3.84. The van der Waals surface area contributed by atoms with E-state index in [2.05, 4.69) is 25.7 Å². The number of hydrogen-bond acceptors (Lipinski definition) is 6. The molecule has 0 aliphatic carbocycles. The van der Waals surface area contributed by atoms with E-state index in [0.29, 0.717) is 16.8 Å². The van der Waals surface area contributed by atoms with E-state index in [1.54, 1.807) is 12.5 Å². The van der Waals surface area contributed by atoms with Crippen molar-refractivity contribution in [1.82, 2.24) is 19.5 Å². The zero-order valence-corrected chi connectivity index (χ0v) is 10.6. The molecule has 2 rings (SSSR count). The van der Waals surface area contributed by atoms with Crippen LogP contribution in [0.1, 0.15) is 6.92 Å². The maximum absolute atomic E-state index is 6.00. The van der Waals surface area contributed by atoms with Gasteiger partial charge < -0.3 is 9.88 Å². The summed E-state index contributed by atoms with van der Waals surface area (Å²) in [6, 6.07) is 0.136. The lowest BCUT2D eigenvalue weighted by atomic mass is 10.3. The Balaban J connectivity index is 2.04. The highest BCUT2D eigenvalue weighted by Gasteiger charge is 2.09. The van der Waals surface area contributed by atoms with Crippen LogP contribution in [0.3, 0.4) is 0 Å². The Hall–Kier alpha value is -1.86. The molecule has 2 aromatic heterocycles. The molecule has 96 valence electrons. The normalized spacial score (nSPS) is 12.2. The van der Waals surface area contributed by atoms with Gasteiger partial charge in [-0.15, -0.1) is 0 Å². The van der Waals surface area contributed by atoms with Crippen LogP contribution in [0.25, 0.3) is 0 Å². The standard InChI is InChI=1S/C10H14ClN7/c1-7(5-18-3-2-13-6-18)15-9-8(11)4-14-10(16-9)17-12/h2-4,6-7H,5,12H2,1H3,(H2,14,15,16,17). The fraction of sp³-hybridized carbons (Fsp3) is 0.300. The van der Waals surface area contributed by atoms with Crippen LogP contribution in [-0.4, -0.2) is 25.6 Å². The highest BCUT2D eigenvalue weighted by molar-refractivity contribution is 6.32. The first-order valence-electron chi connectivity index (χ1n) is 5.40. The van der Waals surface area contributed by atoms with Crippen LogP contribution >= 0.6 is 11.6 Å². The summed E-state index contributed by atoms with van der Waals surface area (Å²) in [7, 11) is 0. The van der Waals surface area contributed by atoms with Gasteiger partial charge in [0, 0.05) is 25.0 Å². The number of hydrogen-bond donors (Lipinski definition) is 3. The van der Waals surface area contributed by atoms with Crippen LogP contribution in [0.15, 0.2) is 24.9 Å². The van der Waals surface area contributed by atoms with Crippen molar-refractivity contribution in [2.75, 3.05) is 10.7 Å². The molecule has 8 heteroatoms. The molecule has 0 spiro atoms. The molecule has 0 aliphatic rings. The van der Waals surface area contributed by atoms with Crippen LogP contribution in [0.5, 0.6) is 0 Å². The highest BCUT2D eigenvalue weighted by atomic mass is 35.5.